The van der Waals surface area contributed by atoms with Crippen LogP contribution in [0.5, 0.6) is 0 Å². The fraction of sp³-hybridized carbons (Fsp3) is 0.636. The van der Waals surface area contributed by atoms with Crippen LogP contribution in [0.15, 0.2) is 22.5 Å². The van der Waals surface area contributed by atoms with Gasteiger partial charge in [-0.1, -0.05) is 28.7 Å². The fourth-order valence-electron chi connectivity index (χ4n) is 1.29. The summed E-state index contributed by atoms with van der Waals surface area (Å²) in [5, 5.41) is 0. The number of halogens is 1. The van der Waals surface area contributed by atoms with Gasteiger partial charge in [-0.05, 0) is 35.8 Å². The third-order valence-corrected chi connectivity index (χ3v) is 2.56. The minimum atomic E-state index is 0.000109. The molecule has 1 aliphatic heterocycles. The summed E-state index contributed by atoms with van der Waals surface area (Å²) in [6.45, 7) is 0.843. The summed E-state index contributed by atoms with van der Waals surface area (Å²) in [5.41, 5.74) is 0. The molecule has 0 aromatic carbocycles. The Kier molecular flexibility index (Phi) is 7.13. The monoisotopic (exact) mass is 308 g/mol. The Labute approximate surface area is 99.5 Å². The first-order valence-corrected chi connectivity index (χ1v) is 6.35. The van der Waals surface area contributed by atoms with Gasteiger partial charge in [-0.3, -0.25) is 0 Å². The van der Waals surface area contributed by atoms with Crippen molar-refractivity contribution in [1.82, 2.24) is 0 Å². The topological polar surface area (TPSA) is 18.5 Å². The van der Waals surface area contributed by atoms with E-state index in [1.807, 2.05) is 4.08 Å². The van der Waals surface area contributed by atoms with E-state index in [9.17, 15) is 0 Å². The average Bonchev–Trinajstić information content (AvgIpc) is 2.25. The molecule has 80 valence electrons. The van der Waals surface area contributed by atoms with Gasteiger partial charge in [0.25, 0.3) is 0 Å². The van der Waals surface area contributed by atoms with Gasteiger partial charge >= 0.3 is 0 Å². The minimum absolute atomic E-state index is 0.000109. The Morgan fingerprint density at radius 3 is 2.86 bits per heavy atom. The lowest BCUT2D eigenvalue weighted by Crippen LogP contribution is -2.19. The first-order valence-electron chi connectivity index (χ1n) is 5.11. The van der Waals surface area contributed by atoms with Crippen molar-refractivity contribution in [2.24, 2.45) is 0 Å². The predicted molar refractivity (Wildman–Crippen MR) is 66.2 cm³/mol. The third-order valence-electron chi connectivity index (χ3n) is 2.05. The molecule has 0 aromatic rings. The van der Waals surface area contributed by atoms with Crippen molar-refractivity contribution in [2.45, 2.75) is 38.4 Å². The van der Waals surface area contributed by atoms with Crippen molar-refractivity contribution < 1.29 is 9.47 Å². The molecule has 14 heavy (non-hydrogen) atoms. The number of ether oxygens (including phenoxy) is 2. The second kappa shape index (κ2) is 8.29. The van der Waals surface area contributed by atoms with Crippen LogP contribution in [0.4, 0.5) is 0 Å². The zero-order valence-electron chi connectivity index (χ0n) is 8.32. The molecule has 0 radical (unpaired) electrons. The van der Waals surface area contributed by atoms with Crippen LogP contribution in [-0.2, 0) is 9.47 Å². The highest BCUT2D eigenvalue weighted by molar-refractivity contribution is 14.1. The molecular formula is C11H17IO2. The van der Waals surface area contributed by atoms with Crippen LogP contribution in [0.25, 0.3) is 0 Å². The average molecular weight is 308 g/mol. The summed E-state index contributed by atoms with van der Waals surface area (Å²) in [5.74, 6) is 0. The molecule has 0 spiro atoms. The Hall–Kier alpha value is -0.0300. The Morgan fingerprint density at radius 2 is 2.14 bits per heavy atom. The second-order valence-corrected chi connectivity index (χ2v) is 3.96. The van der Waals surface area contributed by atoms with Crippen LogP contribution in [-0.4, -0.2) is 12.9 Å². The second-order valence-electron chi connectivity index (χ2n) is 3.24. The maximum absolute atomic E-state index is 5.43. The summed E-state index contributed by atoms with van der Waals surface area (Å²) >= 11 is 2.23. The highest BCUT2D eigenvalue weighted by atomic mass is 127. The molecule has 0 amide bonds. The fourth-order valence-corrected chi connectivity index (χ4v) is 1.64. The molecule has 0 bridgehead atoms. The van der Waals surface area contributed by atoms with E-state index >= 15 is 0 Å². The smallest absolute Gasteiger partial charge is 0.198 e. The van der Waals surface area contributed by atoms with Gasteiger partial charge in [0.1, 0.15) is 0 Å². The molecule has 1 rings (SSSR count). The number of allylic oxidation sites excluding steroid dienone is 2. The molecule has 1 heterocycles. The maximum Gasteiger partial charge on any atom is 0.198 e. The van der Waals surface area contributed by atoms with Crippen molar-refractivity contribution >= 4 is 22.6 Å². The van der Waals surface area contributed by atoms with Crippen molar-refractivity contribution in [3.05, 3.63) is 22.5 Å². The molecule has 1 aliphatic rings. The summed E-state index contributed by atoms with van der Waals surface area (Å²) in [6, 6.07) is 0. The first kappa shape index (κ1) is 12.0. The van der Waals surface area contributed by atoms with Gasteiger partial charge in [0.05, 0.1) is 12.9 Å². The number of hydrogen-bond donors (Lipinski definition) is 0. The van der Waals surface area contributed by atoms with E-state index in [0.29, 0.717) is 0 Å². The molecule has 0 saturated carbocycles. The van der Waals surface area contributed by atoms with E-state index in [1.165, 1.54) is 12.8 Å². The molecular weight excluding hydrogens is 291 g/mol. The van der Waals surface area contributed by atoms with E-state index in [0.717, 1.165) is 25.9 Å². The van der Waals surface area contributed by atoms with Gasteiger partial charge < -0.3 is 9.47 Å². The Balaban J connectivity index is 2.00. The Morgan fingerprint density at radius 1 is 1.29 bits per heavy atom. The lowest BCUT2D eigenvalue weighted by Gasteiger charge is -2.21. The van der Waals surface area contributed by atoms with E-state index in [1.54, 1.807) is 6.26 Å². The summed E-state index contributed by atoms with van der Waals surface area (Å²) in [6.07, 6.45) is 11.5. The number of rotatable bonds is 5. The van der Waals surface area contributed by atoms with E-state index in [2.05, 4.69) is 34.7 Å². The largest absolute Gasteiger partial charge is 0.473 e. The standard InChI is InChI=1S/C11H17IO2/c12-8-4-1-2-5-9-13-11-7-3-6-10-14-11/h4-5,8-9,11H,1-3,6-7,10H2/b8-4?,9-5+. The minimum Gasteiger partial charge on any atom is -0.473 e. The van der Waals surface area contributed by atoms with E-state index in [4.69, 9.17) is 9.47 Å². The first-order chi connectivity index (χ1) is 6.93. The molecule has 2 nitrogen and oxygen atoms in total. The zero-order valence-corrected chi connectivity index (χ0v) is 10.5. The van der Waals surface area contributed by atoms with Gasteiger partial charge in [-0.25, -0.2) is 0 Å². The van der Waals surface area contributed by atoms with Crippen LogP contribution in [0.2, 0.25) is 0 Å². The van der Waals surface area contributed by atoms with Crippen molar-refractivity contribution in [2.75, 3.05) is 6.61 Å². The molecule has 0 aromatic heterocycles. The van der Waals surface area contributed by atoms with Gasteiger partial charge in [-0.15, -0.1) is 0 Å². The highest BCUT2D eigenvalue weighted by Crippen LogP contribution is 2.13. The highest BCUT2D eigenvalue weighted by Gasteiger charge is 2.12. The van der Waals surface area contributed by atoms with Crippen LogP contribution in [0.3, 0.4) is 0 Å². The summed E-state index contributed by atoms with van der Waals surface area (Å²) < 4.78 is 12.9. The van der Waals surface area contributed by atoms with Crippen molar-refractivity contribution in [3.8, 4) is 0 Å². The Bertz CT molecular complexity index is 184. The maximum atomic E-state index is 5.43. The van der Waals surface area contributed by atoms with Crippen LogP contribution in [0.1, 0.15) is 32.1 Å². The van der Waals surface area contributed by atoms with Gasteiger partial charge in [-0.2, -0.15) is 0 Å². The lowest BCUT2D eigenvalue weighted by molar-refractivity contribution is -0.129. The van der Waals surface area contributed by atoms with E-state index < -0.39 is 0 Å². The molecule has 1 atom stereocenters. The molecule has 1 unspecified atom stereocenters. The number of hydrogen-bond acceptors (Lipinski definition) is 2. The van der Waals surface area contributed by atoms with Crippen LogP contribution < -0.4 is 0 Å². The summed E-state index contributed by atoms with van der Waals surface area (Å²) in [4.78, 5) is 0. The van der Waals surface area contributed by atoms with Gasteiger partial charge in [0, 0.05) is 6.42 Å². The summed E-state index contributed by atoms with van der Waals surface area (Å²) in [7, 11) is 0. The van der Waals surface area contributed by atoms with Crippen LogP contribution >= 0.6 is 22.6 Å². The van der Waals surface area contributed by atoms with Crippen molar-refractivity contribution in [1.29, 1.82) is 0 Å². The normalized spacial score (nSPS) is 23.4. The van der Waals surface area contributed by atoms with E-state index in [-0.39, 0.29) is 6.29 Å². The van der Waals surface area contributed by atoms with Crippen molar-refractivity contribution in [3.63, 3.8) is 0 Å². The number of unbranched alkanes of at least 4 members (excludes halogenated alkanes) is 1. The van der Waals surface area contributed by atoms with Crippen LogP contribution in [0, 0.1) is 0 Å². The molecule has 0 N–H and O–H groups in total. The predicted octanol–water partition coefficient (Wildman–Crippen LogP) is 3.77. The van der Waals surface area contributed by atoms with Gasteiger partial charge in [0.2, 0.25) is 0 Å². The molecule has 3 heteroatoms. The SMILES string of the molecule is IC=CCC/C=C/OC1CCCCO1. The molecule has 1 saturated heterocycles. The molecule has 0 aliphatic carbocycles. The molecule has 1 fully saturated rings. The lowest BCUT2D eigenvalue weighted by atomic mass is 10.2. The van der Waals surface area contributed by atoms with Gasteiger partial charge in [0.15, 0.2) is 6.29 Å². The zero-order chi connectivity index (χ0) is 10.1. The third kappa shape index (κ3) is 5.65. The quantitative estimate of drug-likeness (QED) is 0.437.